The molecule has 0 spiro atoms. The van der Waals surface area contributed by atoms with E-state index >= 15 is 0 Å². The molecule has 0 saturated heterocycles. The van der Waals surface area contributed by atoms with Gasteiger partial charge in [-0.1, -0.05) is 12.2 Å². The molecule has 2 aromatic rings. The summed E-state index contributed by atoms with van der Waals surface area (Å²) in [5.74, 6) is 0.222. The molecule has 1 aromatic heterocycles. The molecule has 0 bridgehead atoms. The molecule has 1 aromatic carbocycles. The summed E-state index contributed by atoms with van der Waals surface area (Å²) in [5.41, 5.74) is 1.79. The Kier molecular flexibility index (Phi) is 3.37. The fraction of sp³-hybridized carbons (Fsp3) is 0.0833. The second kappa shape index (κ2) is 4.94. The molecule has 0 atom stereocenters. The summed E-state index contributed by atoms with van der Waals surface area (Å²) in [7, 11) is 0. The van der Waals surface area contributed by atoms with Gasteiger partial charge in [-0.15, -0.1) is 11.6 Å². The zero-order valence-corrected chi connectivity index (χ0v) is 9.23. The largest absolute Gasteiger partial charge is 0.240 e. The molecular formula is C12H10ClFN2. The van der Waals surface area contributed by atoms with Crippen molar-refractivity contribution in [2.24, 2.45) is 0 Å². The average Bonchev–Trinajstić information content (AvgIpc) is 2.76. The van der Waals surface area contributed by atoms with Crippen LogP contribution < -0.4 is 0 Å². The second-order valence-corrected chi connectivity index (χ2v) is 3.56. The van der Waals surface area contributed by atoms with Gasteiger partial charge in [0.05, 0.1) is 11.9 Å². The van der Waals surface area contributed by atoms with Crippen molar-refractivity contribution in [1.29, 1.82) is 0 Å². The molecule has 0 unspecified atom stereocenters. The molecule has 0 fully saturated rings. The smallest absolute Gasteiger partial charge is 0.123 e. The van der Waals surface area contributed by atoms with Crippen molar-refractivity contribution in [2.45, 2.75) is 0 Å². The molecule has 82 valence electrons. The molecule has 16 heavy (non-hydrogen) atoms. The zero-order chi connectivity index (χ0) is 11.4. The van der Waals surface area contributed by atoms with E-state index in [1.165, 1.54) is 12.1 Å². The van der Waals surface area contributed by atoms with Crippen molar-refractivity contribution in [1.82, 2.24) is 9.78 Å². The maximum Gasteiger partial charge on any atom is 0.123 e. The summed E-state index contributed by atoms with van der Waals surface area (Å²) < 4.78 is 14.4. The van der Waals surface area contributed by atoms with Gasteiger partial charge in [0.1, 0.15) is 5.82 Å². The Morgan fingerprint density at radius 3 is 2.75 bits per heavy atom. The minimum atomic E-state index is -0.252. The van der Waals surface area contributed by atoms with Crippen LogP contribution in [-0.4, -0.2) is 15.7 Å². The standard InChI is InChI=1S/C12H10ClFN2/c13-7-1-2-10-8-15-16(9-10)12-5-3-11(14)4-6-12/h1-6,8-9H,7H2. The van der Waals surface area contributed by atoms with Crippen molar-refractivity contribution in [3.63, 3.8) is 0 Å². The molecule has 0 aliphatic carbocycles. The van der Waals surface area contributed by atoms with Crippen molar-refractivity contribution in [3.05, 3.63) is 54.1 Å². The third-order valence-corrected chi connectivity index (χ3v) is 2.27. The van der Waals surface area contributed by atoms with Gasteiger partial charge < -0.3 is 0 Å². The van der Waals surface area contributed by atoms with Gasteiger partial charge in [0.25, 0.3) is 0 Å². The van der Waals surface area contributed by atoms with Crippen molar-refractivity contribution in [2.75, 3.05) is 5.88 Å². The molecule has 0 radical (unpaired) electrons. The minimum Gasteiger partial charge on any atom is -0.240 e. The lowest BCUT2D eigenvalue weighted by molar-refractivity contribution is 0.627. The van der Waals surface area contributed by atoms with E-state index in [4.69, 9.17) is 11.6 Å². The van der Waals surface area contributed by atoms with Crippen LogP contribution in [0.5, 0.6) is 0 Å². The lowest BCUT2D eigenvalue weighted by Gasteiger charge is -1.99. The number of hydrogen-bond donors (Lipinski definition) is 0. The van der Waals surface area contributed by atoms with Gasteiger partial charge >= 0.3 is 0 Å². The number of hydrogen-bond acceptors (Lipinski definition) is 1. The molecular weight excluding hydrogens is 227 g/mol. The van der Waals surface area contributed by atoms with Crippen molar-refractivity contribution in [3.8, 4) is 5.69 Å². The Morgan fingerprint density at radius 1 is 1.31 bits per heavy atom. The Labute approximate surface area is 98.0 Å². The first-order chi connectivity index (χ1) is 7.79. The third-order valence-electron chi connectivity index (χ3n) is 2.09. The molecule has 1 heterocycles. The topological polar surface area (TPSA) is 17.8 Å². The third kappa shape index (κ3) is 2.49. The highest BCUT2D eigenvalue weighted by Crippen LogP contribution is 2.10. The number of halogens is 2. The Morgan fingerprint density at radius 2 is 2.06 bits per heavy atom. The average molecular weight is 237 g/mol. The molecule has 0 aliphatic rings. The molecule has 0 amide bonds. The van der Waals surface area contributed by atoms with Crippen LogP contribution in [-0.2, 0) is 0 Å². The van der Waals surface area contributed by atoms with Gasteiger partial charge in [-0.05, 0) is 24.3 Å². The van der Waals surface area contributed by atoms with Gasteiger partial charge in [-0.3, -0.25) is 0 Å². The fourth-order valence-electron chi connectivity index (χ4n) is 1.34. The lowest BCUT2D eigenvalue weighted by Crippen LogP contribution is -1.93. The van der Waals surface area contributed by atoms with Crippen molar-refractivity contribution >= 4 is 17.7 Å². The number of nitrogens with zero attached hydrogens (tertiary/aromatic N) is 2. The molecule has 0 aliphatic heterocycles. The van der Waals surface area contributed by atoms with E-state index in [0.717, 1.165) is 11.3 Å². The van der Waals surface area contributed by atoms with E-state index in [1.807, 2.05) is 18.3 Å². The number of allylic oxidation sites excluding steroid dienone is 1. The van der Waals surface area contributed by atoms with E-state index in [2.05, 4.69) is 5.10 Å². The summed E-state index contributed by atoms with van der Waals surface area (Å²) in [4.78, 5) is 0. The van der Waals surface area contributed by atoms with E-state index in [1.54, 1.807) is 23.0 Å². The Balaban J connectivity index is 2.24. The summed E-state index contributed by atoms with van der Waals surface area (Å²) in [6.45, 7) is 0. The highest BCUT2D eigenvalue weighted by molar-refractivity contribution is 6.19. The van der Waals surface area contributed by atoms with Gasteiger partial charge in [0.2, 0.25) is 0 Å². The van der Waals surface area contributed by atoms with Gasteiger partial charge in [0, 0.05) is 17.6 Å². The molecule has 4 heteroatoms. The van der Waals surface area contributed by atoms with E-state index in [0.29, 0.717) is 5.88 Å². The maximum absolute atomic E-state index is 12.7. The first kappa shape index (κ1) is 10.9. The van der Waals surface area contributed by atoms with E-state index in [9.17, 15) is 4.39 Å². The SMILES string of the molecule is Fc1ccc(-n2cc(C=CCCl)cn2)cc1. The number of benzene rings is 1. The summed E-state index contributed by atoms with van der Waals surface area (Å²) >= 11 is 5.54. The summed E-state index contributed by atoms with van der Waals surface area (Å²) in [6, 6.07) is 6.17. The molecule has 0 saturated carbocycles. The number of aromatic nitrogens is 2. The van der Waals surface area contributed by atoms with Crippen LogP contribution in [0.3, 0.4) is 0 Å². The second-order valence-electron chi connectivity index (χ2n) is 3.25. The highest BCUT2D eigenvalue weighted by atomic mass is 35.5. The van der Waals surface area contributed by atoms with Crippen LogP contribution in [0.4, 0.5) is 4.39 Å². The van der Waals surface area contributed by atoms with Crippen molar-refractivity contribution < 1.29 is 4.39 Å². The van der Waals surface area contributed by atoms with Crippen LogP contribution in [0.1, 0.15) is 5.56 Å². The summed E-state index contributed by atoms with van der Waals surface area (Å²) in [6.07, 6.45) is 7.32. The monoisotopic (exact) mass is 236 g/mol. The first-order valence-electron chi connectivity index (χ1n) is 4.83. The van der Waals surface area contributed by atoms with Gasteiger partial charge in [-0.25, -0.2) is 9.07 Å². The fourth-order valence-corrected chi connectivity index (χ4v) is 1.43. The minimum absolute atomic E-state index is 0.252. The molecule has 2 rings (SSSR count). The van der Waals surface area contributed by atoms with Gasteiger partial charge in [-0.2, -0.15) is 5.10 Å². The Bertz CT molecular complexity index is 488. The van der Waals surface area contributed by atoms with Crippen LogP contribution in [0.2, 0.25) is 0 Å². The zero-order valence-electron chi connectivity index (χ0n) is 8.48. The number of alkyl halides is 1. The maximum atomic E-state index is 12.7. The normalized spacial score (nSPS) is 11.1. The molecule has 2 nitrogen and oxygen atoms in total. The predicted molar refractivity (Wildman–Crippen MR) is 63.3 cm³/mol. The van der Waals surface area contributed by atoms with Crippen LogP contribution in [0, 0.1) is 5.82 Å². The van der Waals surface area contributed by atoms with Crippen LogP contribution in [0.25, 0.3) is 11.8 Å². The predicted octanol–water partition coefficient (Wildman–Crippen LogP) is 3.26. The quantitative estimate of drug-likeness (QED) is 0.748. The number of rotatable bonds is 3. The first-order valence-corrected chi connectivity index (χ1v) is 5.36. The lowest BCUT2D eigenvalue weighted by atomic mass is 10.3. The van der Waals surface area contributed by atoms with E-state index < -0.39 is 0 Å². The Hall–Kier alpha value is -1.61. The van der Waals surface area contributed by atoms with Crippen LogP contribution in [0.15, 0.2) is 42.7 Å². The molecule has 0 N–H and O–H groups in total. The highest BCUT2D eigenvalue weighted by Gasteiger charge is 1.98. The summed E-state index contributed by atoms with van der Waals surface area (Å²) in [5, 5.41) is 4.17. The van der Waals surface area contributed by atoms with Gasteiger partial charge in [0.15, 0.2) is 0 Å². The van der Waals surface area contributed by atoms with E-state index in [-0.39, 0.29) is 5.82 Å². The van der Waals surface area contributed by atoms with Crippen LogP contribution >= 0.6 is 11.6 Å².